The molecule has 1 heteroatoms. The van der Waals surface area contributed by atoms with E-state index in [0.29, 0.717) is 0 Å². The summed E-state index contributed by atoms with van der Waals surface area (Å²) in [6, 6.07) is 11.9. The molecule has 1 nitrogen and oxygen atoms in total. The fourth-order valence-electron chi connectivity index (χ4n) is 4.20. The Labute approximate surface area is 124 Å². The molecule has 0 aromatic heterocycles. The number of hydrogen-bond acceptors (Lipinski definition) is 1. The zero-order valence-corrected chi connectivity index (χ0v) is 12.9. The summed E-state index contributed by atoms with van der Waals surface area (Å²) in [6.07, 6.45) is 9.81. The van der Waals surface area contributed by atoms with Crippen LogP contribution in [0.3, 0.4) is 0 Å². The SMILES string of the molecule is CC1CCCC1CNC1CCC(c2ccccc2)CC1. The maximum Gasteiger partial charge on any atom is 0.00676 e. The van der Waals surface area contributed by atoms with Crippen LogP contribution < -0.4 is 5.32 Å². The van der Waals surface area contributed by atoms with E-state index in [1.165, 1.54) is 51.5 Å². The summed E-state index contributed by atoms with van der Waals surface area (Å²) in [5.41, 5.74) is 1.55. The van der Waals surface area contributed by atoms with Crippen molar-refractivity contribution in [2.45, 2.75) is 63.8 Å². The van der Waals surface area contributed by atoms with Crippen LogP contribution in [0.15, 0.2) is 30.3 Å². The molecule has 2 unspecified atom stereocenters. The van der Waals surface area contributed by atoms with Crippen molar-refractivity contribution in [1.29, 1.82) is 0 Å². The molecular weight excluding hydrogens is 242 g/mol. The summed E-state index contributed by atoms with van der Waals surface area (Å²) >= 11 is 0. The van der Waals surface area contributed by atoms with Gasteiger partial charge in [-0.1, -0.05) is 50.1 Å². The van der Waals surface area contributed by atoms with Gasteiger partial charge in [0.25, 0.3) is 0 Å². The van der Waals surface area contributed by atoms with Crippen LogP contribution >= 0.6 is 0 Å². The van der Waals surface area contributed by atoms with Crippen LogP contribution in [0.25, 0.3) is 0 Å². The minimum absolute atomic E-state index is 0.780. The Bertz CT molecular complexity index is 391. The van der Waals surface area contributed by atoms with E-state index < -0.39 is 0 Å². The van der Waals surface area contributed by atoms with Gasteiger partial charge < -0.3 is 5.32 Å². The highest BCUT2D eigenvalue weighted by Crippen LogP contribution is 2.34. The summed E-state index contributed by atoms with van der Waals surface area (Å²) in [4.78, 5) is 0. The molecule has 110 valence electrons. The van der Waals surface area contributed by atoms with Gasteiger partial charge in [-0.2, -0.15) is 0 Å². The molecule has 2 aliphatic rings. The first kappa shape index (κ1) is 14.1. The van der Waals surface area contributed by atoms with Gasteiger partial charge in [0, 0.05) is 6.04 Å². The fraction of sp³-hybridized carbons (Fsp3) is 0.684. The Morgan fingerprint density at radius 3 is 2.35 bits per heavy atom. The second-order valence-corrected chi connectivity index (χ2v) is 7.04. The summed E-state index contributed by atoms with van der Waals surface area (Å²) in [5.74, 6) is 2.70. The van der Waals surface area contributed by atoms with Crippen molar-refractivity contribution >= 4 is 0 Å². The van der Waals surface area contributed by atoms with Gasteiger partial charge in [0.15, 0.2) is 0 Å². The van der Waals surface area contributed by atoms with E-state index in [0.717, 1.165) is 23.8 Å². The van der Waals surface area contributed by atoms with Gasteiger partial charge in [-0.25, -0.2) is 0 Å². The number of benzene rings is 1. The highest BCUT2D eigenvalue weighted by molar-refractivity contribution is 5.20. The molecule has 1 aromatic rings. The van der Waals surface area contributed by atoms with Gasteiger partial charge in [0.1, 0.15) is 0 Å². The number of nitrogens with one attached hydrogen (secondary N) is 1. The largest absolute Gasteiger partial charge is 0.314 e. The zero-order chi connectivity index (χ0) is 13.8. The molecule has 2 atom stereocenters. The van der Waals surface area contributed by atoms with Crippen LogP contribution in [0.1, 0.15) is 63.4 Å². The summed E-state index contributed by atoms with van der Waals surface area (Å²) in [7, 11) is 0. The smallest absolute Gasteiger partial charge is 0.00676 e. The van der Waals surface area contributed by atoms with Crippen molar-refractivity contribution in [2.24, 2.45) is 11.8 Å². The maximum absolute atomic E-state index is 3.87. The monoisotopic (exact) mass is 271 g/mol. The van der Waals surface area contributed by atoms with Gasteiger partial charge in [-0.15, -0.1) is 0 Å². The Hall–Kier alpha value is -0.820. The number of rotatable bonds is 4. The highest BCUT2D eigenvalue weighted by Gasteiger charge is 2.26. The molecule has 0 bridgehead atoms. The molecule has 1 N–H and O–H groups in total. The molecule has 3 rings (SSSR count). The molecule has 0 amide bonds. The average molecular weight is 271 g/mol. The lowest BCUT2D eigenvalue weighted by Crippen LogP contribution is -2.36. The highest BCUT2D eigenvalue weighted by atomic mass is 14.9. The third-order valence-corrected chi connectivity index (χ3v) is 5.71. The topological polar surface area (TPSA) is 12.0 Å². The standard InChI is InChI=1S/C19H29N/c1-15-6-5-9-18(15)14-20-19-12-10-17(11-13-19)16-7-3-2-4-8-16/h2-4,7-8,15,17-20H,5-6,9-14H2,1H3. The van der Waals surface area contributed by atoms with E-state index in [4.69, 9.17) is 0 Å². The first-order valence-corrected chi connectivity index (χ1v) is 8.61. The molecule has 20 heavy (non-hydrogen) atoms. The molecular formula is C19H29N. The van der Waals surface area contributed by atoms with Crippen molar-refractivity contribution in [1.82, 2.24) is 5.32 Å². The van der Waals surface area contributed by atoms with Gasteiger partial charge in [0.05, 0.1) is 0 Å². The maximum atomic E-state index is 3.87. The summed E-state index contributed by atoms with van der Waals surface area (Å²) in [5, 5.41) is 3.87. The summed E-state index contributed by atoms with van der Waals surface area (Å²) in [6.45, 7) is 3.70. The van der Waals surface area contributed by atoms with E-state index in [9.17, 15) is 0 Å². The van der Waals surface area contributed by atoms with Gasteiger partial charge in [0.2, 0.25) is 0 Å². The van der Waals surface area contributed by atoms with Crippen LogP contribution in [-0.4, -0.2) is 12.6 Å². The van der Waals surface area contributed by atoms with Crippen LogP contribution in [0.5, 0.6) is 0 Å². The van der Waals surface area contributed by atoms with Gasteiger partial charge >= 0.3 is 0 Å². The van der Waals surface area contributed by atoms with E-state index in [1.807, 2.05) is 0 Å². The second-order valence-electron chi connectivity index (χ2n) is 7.04. The summed E-state index contributed by atoms with van der Waals surface area (Å²) < 4.78 is 0. The van der Waals surface area contributed by atoms with E-state index in [2.05, 4.69) is 42.6 Å². The molecule has 2 aliphatic carbocycles. The second kappa shape index (κ2) is 6.76. The fourth-order valence-corrected chi connectivity index (χ4v) is 4.20. The third-order valence-electron chi connectivity index (χ3n) is 5.71. The normalized spacial score (nSPS) is 34.2. The van der Waals surface area contributed by atoms with Crippen molar-refractivity contribution < 1.29 is 0 Å². The van der Waals surface area contributed by atoms with Crippen molar-refractivity contribution in [3.63, 3.8) is 0 Å². The molecule has 0 spiro atoms. The predicted octanol–water partition coefficient (Wildman–Crippen LogP) is 4.74. The zero-order valence-electron chi connectivity index (χ0n) is 12.9. The van der Waals surface area contributed by atoms with Crippen LogP contribution in [0.2, 0.25) is 0 Å². The predicted molar refractivity (Wildman–Crippen MR) is 85.9 cm³/mol. The molecule has 1 aromatic carbocycles. The first-order valence-electron chi connectivity index (χ1n) is 8.61. The van der Waals surface area contributed by atoms with Crippen molar-refractivity contribution in [3.05, 3.63) is 35.9 Å². The Morgan fingerprint density at radius 1 is 0.950 bits per heavy atom. The first-order chi connectivity index (χ1) is 9.83. The molecule has 2 fully saturated rings. The number of hydrogen-bond donors (Lipinski definition) is 1. The lowest BCUT2D eigenvalue weighted by atomic mass is 9.81. The Kier molecular flexibility index (Phi) is 4.77. The van der Waals surface area contributed by atoms with Crippen molar-refractivity contribution in [2.75, 3.05) is 6.54 Å². The molecule has 2 saturated carbocycles. The van der Waals surface area contributed by atoms with Crippen LogP contribution in [0.4, 0.5) is 0 Å². The minimum Gasteiger partial charge on any atom is -0.314 e. The average Bonchev–Trinajstić information content (AvgIpc) is 2.92. The van der Waals surface area contributed by atoms with Gasteiger partial charge in [-0.3, -0.25) is 0 Å². The molecule has 0 heterocycles. The third kappa shape index (κ3) is 3.44. The molecule has 0 radical (unpaired) electrons. The van der Waals surface area contributed by atoms with Gasteiger partial charge in [-0.05, 0) is 62.0 Å². The Balaban J connectivity index is 1.42. The quantitative estimate of drug-likeness (QED) is 0.834. The van der Waals surface area contributed by atoms with E-state index in [1.54, 1.807) is 5.56 Å². The Morgan fingerprint density at radius 2 is 1.70 bits per heavy atom. The van der Waals surface area contributed by atoms with Crippen LogP contribution in [0, 0.1) is 11.8 Å². The van der Waals surface area contributed by atoms with Crippen molar-refractivity contribution in [3.8, 4) is 0 Å². The minimum atomic E-state index is 0.780. The molecule has 0 aliphatic heterocycles. The van der Waals surface area contributed by atoms with Crippen LogP contribution in [-0.2, 0) is 0 Å². The molecule has 0 saturated heterocycles. The lowest BCUT2D eigenvalue weighted by Gasteiger charge is -2.30. The lowest BCUT2D eigenvalue weighted by molar-refractivity contribution is 0.305. The van der Waals surface area contributed by atoms with E-state index in [-0.39, 0.29) is 0 Å². The van der Waals surface area contributed by atoms with E-state index >= 15 is 0 Å².